The number of aliphatic imine (C=N–C) groups is 1. The number of nitrogens with two attached hydrogens (primary N) is 1. The SMILES string of the molecule is COc1ccc(NC(N)=NCC2CCCCS2(=O)=O)cc1Cl. The summed E-state index contributed by atoms with van der Waals surface area (Å²) in [5.41, 5.74) is 6.47. The van der Waals surface area contributed by atoms with Gasteiger partial charge in [-0.3, -0.25) is 4.99 Å². The van der Waals surface area contributed by atoms with Gasteiger partial charge in [0.25, 0.3) is 0 Å². The number of hydrogen-bond acceptors (Lipinski definition) is 4. The van der Waals surface area contributed by atoms with E-state index >= 15 is 0 Å². The summed E-state index contributed by atoms with van der Waals surface area (Å²) >= 11 is 6.02. The third-order valence-corrected chi connectivity index (χ3v) is 6.16. The second kappa shape index (κ2) is 7.19. The van der Waals surface area contributed by atoms with Crippen molar-refractivity contribution in [3.8, 4) is 5.75 Å². The van der Waals surface area contributed by atoms with Crippen molar-refractivity contribution in [1.82, 2.24) is 0 Å². The number of guanidine groups is 1. The fourth-order valence-electron chi connectivity index (χ4n) is 2.36. The number of nitrogens with zero attached hydrogens (tertiary/aromatic N) is 1. The van der Waals surface area contributed by atoms with E-state index in [1.165, 1.54) is 7.11 Å². The van der Waals surface area contributed by atoms with E-state index in [-0.39, 0.29) is 18.3 Å². The fourth-order valence-corrected chi connectivity index (χ4v) is 4.38. The van der Waals surface area contributed by atoms with Gasteiger partial charge in [-0.15, -0.1) is 0 Å². The first-order valence-corrected chi connectivity index (χ1v) is 9.14. The van der Waals surface area contributed by atoms with Gasteiger partial charge in [0.05, 0.1) is 29.7 Å². The van der Waals surface area contributed by atoms with Gasteiger partial charge in [0.1, 0.15) is 5.75 Å². The largest absolute Gasteiger partial charge is 0.495 e. The molecule has 0 aromatic heterocycles. The Hall–Kier alpha value is -1.47. The quantitative estimate of drug-likeness (QED) is 0.643. The monoisotopic (exact) mass is 345 g/mol. The molecule has 0 radical (unpaired) electrons. The predicted molar refractivity (Wildman–Crippen MR) is 89.5 cm³/mol. The topological polar surface area (TPSA) is 93.8 Å². The van der Waals surface area contributed by atoms with E-state index in [0.717, 1.165) is 12.8 Å². The van der Waals surface area contributed by atoms with Crippen LogP contribution in [0.1, 0.15) is 19.3 Å². The predicted octanol–water partition coefficient (Wildman–Crippen LogP) is 2.04. The minimum absolute atomic E-state index is 0.169. The molecule has 1 atom stereocenters. The Morgan fingerprint density at radius 1 is 1.50 bits per heavy atom. The lowest BCUT2D eigenvalue weighted by molar-refractivity contribution is 0.415. The maximum absolute atomic E-state index is 11.9. The Bertz CT molecular complexity index is 661. The highest BCUT2D eigenvalue weighted by atomic mass is 35.5. The number of hydrogen-bond donors (Lipinski definition) is 2. The van der Waals surface area contributed by atoms with Gasteiger partial charge in [-0.05, 0) is 31.0 Å². The zero-order chi connectivity index (χ0) is 16.2. The van der Waals surface area contributed by atoms with Gasteiger partial charge < -0.3 is 15.8 Å². The summed E-state index contributed by atoms with van der Waals surface area (Å²) < 4.78 is 28.9. The first kappa shape index (κ1) is 16.9. The number of nitrogens with one attached hydrogen (secondary N) is 1. The molecule has 6 nitrogen and oxygen atoms in total. The van der Waals surface area contributed by atoms with Crippen LogP contribution in [0.4, 0.5) is 5.69 Å². The summed E-state index contributed by atoms with van der Waals surface area (Å²) in [5, 5.41) is 2.92. The normalized spacial score (nSPS) is 21.4. The molecule has 0 saturated carbocycles. The van der Waals surface area contributed by atoms with Crippen molar-refractivity contribution in [2.24, 2.45) is 10.7 Å². The molecule has 0 amide bonds. The smallest absolute Gasteiger partial charge is 0.193 e. The van der Waals surface area contributed by atoms with E-state index in [1.807, 2.05) is 0 Å². The number of sulfone groups is 1. The van der Waals surface area contributed by atoms with E-state index in [1.54, 1.807) is 18.2 Å². The van der Waals surface area contributed by atoms with Gasteiger partial charge in [0, 0.05) is 5.69 Å². The van der Waals surface area contributed by atoms with Crippen molar-refractivity contribution < 1.29 is 13.2 Å². The summed E-state index contributed by atoms with van der Waals surface area (Å²) in [6.07, 6.45) is 2.30. The Balaban J connectivity index is 1.99. The van der Waals surface area contributed by atoms with Crippen LogP contribution >= 0.6 is 11.6 Å². The molecule has 1 unspecified atom stereocenters. The standard InChI is InChI=1S/C14H20ClN3O3S/c1-21-13-6-5-10(8-12(13)15)18-14(16)17-9-11-4-2-3-7-22(11,19)20/h5-6,8,11H,2-4,7,9H2,1H3,(H3,16,17,18). The number of benzene rings is 1. The van der Waals surface area contributed by atoms with Crippen LogP contribution in [-0.2, 0) is 9.84 Å². The molecule has 0 spiro atoms. The zero-order valence-electron chi connectivity index (χ0n) is 12.4. The first-order valence-electron chi connectivity index (χ1n) is 7.04. The molecule has 1 aliphatic heterocycles. The fraction of sp³-hybridized carbons (Fsp3) is 0.500. The Morgan fingerprint density at radius 3 is 2.91 bits per heavy atom. The Labute approximate surface area is 135 Å². The molecule has 1 aromatic rings. The van der Waals surface area contributed by atoms with E-state index in [0.29, 0.717) is 22.9 Å². The number of ether oxygens (including phenoxy) is 1. The van der Waals surface area contributed by atoms with Crippen molar-refractivity contribution in [2.45, 2.75) is 24.5 Å². The summed E-state index contributed by atoms with van der Waals surface area (Å²) in [6, 6.07) is 5.13. The lowest BCUT2D eigenvalue weighted by Crippen LogP contribution is -2.32. The highest BCUT2D eigenvalue weighted by Crippen LogP contribution is 2.27. The van der Waals surface area contributed by atoms with Gasteiger partial charge in [0.2, 0.25) is 0 Å². The molecule has 8 heteroatoms. The van der Waals surface area contributed by atoms with E-state index in [2.05, 4.69) is 10.3 Å². The molecule has 1 heterocycles. The lowest BCUT2D eigenvalue weighted by Gasteiger charge is -2.20. The molecule has 1 aliphatic rings. The van der Waals surface area contributed by atoms with Crippen molar-refractivity contribution in [3.63, 3.8) is 0 Å². The van der Waals surface area contributed by atoms with Crippen molar-refractivity contribution in [1.29, 1.82) is 0 Å². The van der Waals surface area contributed by atoms with Crippen LogP contribution in [0.5, 0.6) is 5.75 Å². The van der Waals surface area contributed by atoms with Crippen LogP contribution in [0.3, 0.4) is 0 Å². The van der Waals surface area contributed by atoms with Crippen molar-refractivity contribution in [2.75, 3.05) is 24.7 Å². The highest BCUT2D eigenvalue weighted by molar-refractivity contribution is 7.92. The third-order valence-electron chi connectivity index (χ3n) is 3.60. The highest BCUT2D eigenvalue weighted by Gasteiger charge is 2.28. The molecule has 1 aromatic carbocycles. The van der Waals surface area contributed by atoms with Gasteiger partial charge in [-0.2, -0.15) is 0 Å². The molecule has 22 heavy (non-hydrogen) atoms. The zero-order valence-corrected chi connectivity index (χ0v) is 14.0. The molecule has 0 aliphatic carbocycles. The maximum atomic E-state index is 11.9. The van der Waals surface area contributed by atoms with Gasteiger partial charge in [-0.1, -0.05) is 18.0 Å². The summed E-state index contributed by atoms with van der Waals surface area (Å²) in [7, 11) is -1.50. The van der Waals surface area contributed by atoms with Gasteiger partial charge in [-0.25, -0.2) is 8.42 Å². The molecule has 0 bridgehead atoms. The molecule has 3 N–H and O–H groups in total. The van der Waals surface area contributed by atoms with Crippen molar-refractivity contribution >= 4 is 33.1 Å². The second-order valence-corrected chi connectivity index (χ2v) is 7.99. The third kappa shape index (κ3) is 4.27. The average molecular weight is 346 g/mol. The van der Waals surface area contributed by atoms with E-state index in [4.69, 9.17) is 22.1 Å². The summed E-state index contributed by atoms with van der Waals surface area (Å²) in [6.45, 7) is 0.186. The second-order valence-electron chi connectivity index (χ2n) is 5.19. The van der Waals surface area contributed by atoms with Crippen LogP contribution in [0.2, 0.25) is 5.02 Å². The lowest BCUT2D eigenvalue weighted by atomic mass is 10.2. The maximum Gasteiger partial charge on any atom is 0.193 e. The number of halogens is 1. The van der Waals surface area contributed by atoms with Crippen molar-refractivity contribution in [3.05, 3.63) is 23.2 Å². The minimum Gasteiger partial charge on any atom is -0.495 e. The molecule has 122 valence electrons. The van der Waals surface area contributed by atoms with Crippen LogP contribution in [0.15, 0.2) is 23.2 Å². The molecular formula is C14H20ClN3O3S. The van der Waals surface area contributed by atoms with Crippen LogP contribution in [0, 0.1) is 0 Å². The van der Waals surface area contributed by atoms with E-state index < -0.39 is 15.1 Å². The van der Waals surface area contributed by atoms with Crippen LogP contribution in [0.25, 0.3) is 0 Å². The number of methoxy groups -OCH3 is 1. The van der Waals surface area contributed by atoms with Gasteiger partial charge >= 0.3 is 0 Å². The minimum atomic E-state index is -3.04. The summed E-state index contributed by atoms with van der Waals surface area (Å²) in [4.78, 5) is 4.14. The van der Waals surface area contributed by atoms with Crippen LogP contribution < -0.4 is 15.8 Å². The summed E-state index contributed by atoms with van der Waals surface area (Å²) in [5.74, 6) is 0.979. The van der Waals surface area contributed by atoms with E-state index in [9.17, 15) is 8.42 Å². The Kier molecular flexibility index (Phi) is 5.52. The molecule has 2 rings (SSSR count). The Morgan fingerprint density at radius 2 is 2.27 bits per heavy atom. The molecule has 1 saturated heterocycles. The molecular weight excluding hydrogens is 326 g/mol. The number of rotatable bonds is 4. The molecule has 1 fully saturated rings. The van der Waals surface area contributed by atoms with Crippen LogP contribution in [-0.4, -0.2) is 39.0 Å². The first-order chi connectivity index (χ1) is 10.4. The van der Waals surface area contributed by atoms with Gasteiger partial charge in [0.15, 0.2) is 15.8 Å². The number of anilines is 1. The average Bonchev–Trinajstić information content (AvgIpc) is 2.46.